The lowest BCUT2D eigenvalue weighted by molar-refractivity contribution is -0.900. The molecule has 0 aliphatic carbocycles. The van der Waals surface area contributed by atoms with Crippen molar-refractivity contribution in [3.05, 3.63) is 65.7 Å². The number of benzene rings is 2. The van der Waals surface area contributed by atoms with Crippen LogP contribution in [0.2, 0.25) is 0 Å². The first-order valence-electron chi connectivity index (χ1n) is 10.2. The normalized spacial score (nSPS) is 19.0. The third kappa shape index (κ3) is 5.92. The Balaban J connectivity index is 1.54. The minimum Gasteiger partial charge on any atom is -0.352 e. The van der Waals surface area contributed by atoms with Gasteiger partial charge in [-0.2, -0.15) is 0 Å². The number of likely N-dealkylation sites (tertiary alicyclic amines) is 1. The van der Waals surface area contributed by atoms with Crippen molar-refractivity contribution in [1.82, 2.24) is 5.32 Å². The van der Waals surface area contributed by atoms with Crippen LogP contribution in [0.5, 0.6) is 0 Å². The monoisotopic (exact) mass is 380 g/mol. The van der Waals surface area contributed by atoms with Crippen LogP contribution in [0.15, 0.2) is 54.6 Å². The second-order valence-electron chi connectivity index (χ2n) is 7.71. The first-order chi connectivity index (χ1) is 13.6. The number of quaternary nitrogens is 1. The molecule has 1 fully saturated rings. The van der Waals surface area contributed by atoms with Crippen LogP contribution >= 0.6 is 0 Å². The molecule has 0 saturated carbocycles. The summed E-state index contributed by atoms with van der Waals surface area (Å²) >= 11 is 0. The molecule has 0 aromatic heterocycles. The van der Waals surface area contributed by atoms with Crippen LogP contribution < -0.4 is 15.5 Å². The highest BCUT2D eigenvalue weighted by atomic mass is 16.2. The van der Waals surface area contributed by atoms with Gasteiger partial charge in [0, 0.05) is 12.5 Å². The predicted molar refractivity (Wildman–Crippen MR) is 112 cm³/mol. The van der Waals surface area contributed by atoms with E-state index < -0.39 is 0 Å². The highest BCUT2D eigenvalue weighted by Gasteiger charge is 2.22. The average molecular weight is 381 g/mol. The molecule has 5 heteroatoms. The van der Waals surface area contributed by atoms with E-state index in [1.54, 1.807) is 12.1 Å². The van der Waals surface area contributed by atoms with E-state index >= 15 is 0 Å². The zero-order valence-electron chi connectivity index (χ0n) is 16.5. The second-order valence-corrected chi connectivity index (χ2v) is 7.71. The topological polar surface area (TPSA) is 62.6 Å². The third-order valence-corrected chi connectivity index (χ3v) is 5.26. The van der Waals surface area contributed by atoms with Gasteiger partial charge in [-0.05, 0) is 37.0 Å². The molecule has 3 N–H and O–H groups in total. The Labute approximate surface area is 167 Å². The van der Waals surface area contributed by atoms with Crippen molar-refractivity contribution in [2.24, 2.45) is 5.92 Å². The van der Waals surface area contributed by atoms with E-state index in [0.29, 0.717) is 30.3 Å². The van der Waals surface area contributed by atoms with E-state index in [4.69, 9.17) is 0 Å². The Morgan fingerprint density at radius 3 is 2.61 bits per heavy atom. The number of amides is 2. The van der Waals surface area contributed by atoms with Crippen LogP contribution in [-0.4, -0.2) is 38.0 Å². The maximum absolute atomic E-state index is 12.6. The number of anilines is 1. The number of carbonyl (C=O) groups excluding carboxylic acids is 2. The number of para-hydroxylation sites is 1. The van der Waals surface area contributed by atoms with Crippen molar-refractivity contribution in [1.29, 1.82) is 0 Å². The first kappa shape index (κ1) is 20.1. The number of rotatable bonds is 7. The molecule has 0 radical (unpaired) electrons. The number of hydrogen-bond donors (Lipinski definition) is 3. The standard InChI is InChI=1S/C23H29N3O2/c1-18-8-7-15-26(16-18)17-22(27)25-21-12-6-5-11-20(21)23(28)24-14-13-19-9-3-2-4-10-19/h2-6,9-12,18H,7-8,13-17H2,1H3,(H,24,28)(H,25,27)/p+1/t18-/m0/s1. The van der Waals surface area contributed by atoms with Crippen molar-refractivity contribution < 1.29 is 14.5 Å². The molecule has 1 aliphatic heterocycles. The van der Waals surface area contributed by atoms with Gasteiger partial charge in [0.05, 0.1) is 24.3 Å². The SMILES string of the molecule is C[C@H]1CCC[NH+](CC(=O)Nc2ccccc2C(=O)NCCc2ccccc2)C1. The molecule has 0 spiro atoms. The molecule has 1 heterocycles. The van der Waals surface area contributed by atoms with Crippen molar-refractivity contribution in [3.8, 4) is 0 Å². The fourth-order valence-corrected chi connectivity index (χ4v) is 3.83. The third-order valence-electron chi connectivity index (χ3n) is 5.26. The summed E-state index contributed by atoms with van der Waals surface area (Å²) in [6.45, 7) is 5.33. The van der Waals surface area contributed by atoms with Gasteiger partial charge in [-0.1, -0.05) is 49.4 Å². The van der Waals surface area contributed by atoms with Crippen molar-refractivity contribution in [3.63, 3.8) is 0 Å². The molecule has 28 heavy (non-hydrogen) atoms. The summed E-state index contributed by atoms with van der Waals surface area (Å²) in [6, 6.07) is 17.3. The number of hydrogen-bond acceptors (Lipinski definition) is 2. The molecule has 2 aromatic carbocycles. The molecular weight excluding hydrogens is 350 g/mol. The summed E-state index contributed by atoms with van der Waals surface area (Å²) < 4.78 is 0. The van der Waals surface area contributed by atoms with Crippen molar-refractivity contribution in [2.75, 3.05) is 31.5 Å². The molecule has 2 amide bonds. The molecule has 5 nitrogen and oxygen atoms in total. The van der Waals surface area contributed by atoms with Crippen LogP contribution in [0.1, 0.15) is 35.7 Å². The second kappa shape index (κ2) is 10.0. The zero-order valence-corrected chi connectivity index (χ0v) is 16.5. The smallest absolute Gasteiger partial charge is 0.279 e. The van der Waals surface area contributed by atoms with Gasteiger partial charge in [-0.25, -0.2) is 0 Å². The van der Waals surface area contributed by atoms with E-state index in [1.807, 2.05) is 42.5 Å². The molecule has 3 rings (SSSR count). The Morgan fingerprint density at radius 2 is 1.82 bits per heavy atom. The van der Waals surface area contributed by atoms with E-state index in [-0.39, 0.29) is 11.8 Å². The summed E-state index contributed by atoms with van der Waals surface area (Å²) in [6.07, 6.45) is 3.19. The molecule has 1 saturated heterocycles. The van der Waals surface area contributed by atoms with Gasteiger partial charge < -0.3 is 15.5 Å². The number of piperidine rings is 1. The first-order valence-corrected chi connectivity index (χ1v) is 10.2. The molecule has 1 aliphatic rings. The maximum atomic E-state index is 12.6. The lowest BCUT2D eigenvalue weighted by Gasteiger charge is -2.27. The minimum absolute atomic E-state index is 0.0337. The summed E-state index contributed by atoms with van der Waals surface area (Å²) in [5.41, 5.74) is 2.27. The van der Waals surface area contributed by atoms with E-state index in [9.17, 15) is 9.59 Å². The van der Waals surface area contributed by atoms with Crippen LogP contribution in [0, 0.1) is 5.92 Å². The van der Waals surface area contributed by atoms with Gasteiger partial charge in [0.1, 0.15) is 0 Å². The lowest BCUT2D eigenvalue weighted by Crippen LogP contribution is -3.14. The van der Waals surface area contributed by atoms with Gasteiger partial charge in [0.25, 0.3) is 11.8 Å². The summed E-state index contributed by atoms with van der Waals surface area (Å²) in [5, 5.41) is 5.89. The number of carbonyl (C=O) groups is 2. The molecule has 0 bridgehead atoms. The highest BCUT2D eigenvalue weighted by molar-refractivity contribution is 6.03. The fraction of sp³-hybridized carbons (Fsp3) is 0.391. The molecule has 148 valence electrons. The van der Waals surface area contributed by atoms with Crippen LogP contribution in [0.4, 0.5) is 5.69 Å². The van der Waals surface area contributed by atoms with E-state index in [0.717, 1.165) is 19.5 Å². The van der Waals surface area contributed by atoms with Gasteiger partial charge >= 0.3 is 0 Å². The average Bonchev–Trinajstić information content (AvgIpc) is 2.69. The largest absolute Gasteiger partial charge is 0.352 e. The van der Waals surface area contributed by atoms with Crippen LogP contribution in [0.25, 0.3) is 0 Å². The van der Waals surface area contributed by atoms with Gasteiger partial charge in [0.2, 0.25) is 0 Å². The Morgan fingerprint density at radius 1 is 1.07 bits per heavy atom. The molecule has 2 atom stereocenters. The quantitative estimate of drug-likeness (QED) is 0.687. The Kier molecular flexibility index (Phi) is 7.20. The summed E-state index contributed by atoms with van der Waals surface area (Å²) in [4.78, 5) is 26.4. The van der Waals surface area contributed by atoms with Crippen molar-refractivity contribution in [2.45, 2.75) is 26.2 Å². The summed E-state index contributed by atoms with van der Waals surface area (Å²) in [7, 11) is 0. The van der Waals surface area contributed by atoms with Gasteiger partial charge in [-0.3, -0.25) is 9.59 Å². The van der Waals surface area contributed by atoms with E-state index in [1.165, 1.54) is 23.3 Å². The fourth-order valence-electron chi connectivity index (χ4n) is 3.83. The Bertz CT molecular complexity index is 791. The molecular formula is C23H30N3O2+. The predicted octanol–water partition coefficient (Wildman–Crippen LogP) is 1.91. The van der Waals surface area contributed by atoms with Crippen molar-refractivity contribution >= 4 is 17.5 Å². The summed E-state index contributed by atoms with van der Waals surface area (Å²) in [5.74, 6) is 0.471. The van der Waals surface area contributed by atoms with Gasteiger partial charge in [-0.15, -0.1) is 0 Å². The maximum Gasteiger partial charge on any atom is 0.279 e. The van der Waals surface area contributed by atoms with Gasteiger partial charge in [0.15, 0.2) is 6.54 Å². The lowest BCUT2D eigenvalue weighted by atomic mass is 10.0. The van der Waals surface area contributed by atoms with E-state index in [2.05, 4.69) is 17.6 Å². The zero-order chi connectivity index (χ0) is 19.8. The molecule has 1 unspecified atom stereocenters. The Hall–Kier alpha value is -2.66. The minimum atomic E-state index is -0.161. The van der Waals surface area contributed by atoms with Crippen LogP contribution in [-0.2, 0) is 11.2 Å². The highest BCUT2D eigenvalue weighted by Crippen LogP contribution is 2.15. The molecule has 2 aromatic rings. The number of nitrogens with one attached hydrogen (secondary N) is 3. The van der Waals surface area contributed by atoms with Crippen LogP contribution in [0.3, 0.4) is 0 Å².